The molecule has 0 aromatic rings. The number of hydrogen-bond donors (Lipinski definition) is 0. The van der Waals surface area contributed by atoms with Gasteiger partial charge in [-0.05, 0) is 19.8 Å². The fourth-order valence-corrected chi connectivity index (χ4v) is 1.21. The van der Waals surface area contributed by atoms with Gasteiger partial charge in [0.2, 0.25) is 0 Å². The Balaban J connectivity index is 3.22. The zero-order chi connectivity index (χ0) is 10.6. The highest BCUT2D eigenvalue weighted by molar-refractivity contribution is 5.71. The molecule has 2 heteroatoms. The first-order valence-corrected chi connectivity index (χ1v) is 5.61. The van der Waals surface area contributed by atoms with Gasteiger partial charge >= 0.3 is 5.97 Å². The average Bonchev–Trinajstić information content (AvgIpc) is 2.17. The zero-order valence-corrected chi connectivity index (χ0v) is 9.42. The van der Waals surface area contributed by atoms with Crippen molar-refractivity contribution in [2.45, 2.75) is 52.4 Å². The van der Waals surface area contributed by atoms with E-state index >= 15 is 0 Å². The highest BCUT2D eigenvalue weighted by Crippen LogP contribution is 2.03. The summed E-state index contributed by atoms with van der Waals surface area (Å²) in [7, 11) is 0. The summed E-state index contributed by atoms with van der Waals surface area (Å²) in [6.07, 6.45) is 10.6. The van der Waals surface area contributed by atoms with Crippen molar-refractivity contribution in [1.29, 1.82) is 0 Å². The first-order valence-electron chi connectivity index (χ1n) is 5.61. The van der Waals surface area contributed by atoms with Gasteiger partial charge in [0, 0.05) is 0 Å². The van der Waals surface area contributed by atoms with Crippen LogP contribution < -0.4 is 0 Å². The van der Waals surface area contributed by atoms with Gasteiger partial charge in [0.1, 0.15) is 0 Å². The molecule has 0 aliphatic rings. The number of rotatable bonds is 8. The van der Waals surface area contributed by atoms with E-state index in [1.807, 2.05) is 13.0 Å². The van der Waals surface area contributed by atoms with E-state index in [9.17, 15) is 4.79 Å². The highest BCUT2D eigenvalue weighted by atomic mass is 16.5. The van der Waals surface area contributed by atoms with E-state index in [-0.39, 0.29) is 5.97 Å². The van der Waals surface area contributed by atoms with Crippen molar-refractivity contribution in [3.05, 3.63) is 12.2 Å². The molecule has 0 bridgehead atoms. The lowest BCUT2D eigenvalue weighted by Crippen LogP contribution is -2.01. The predicted octanol–water partition coefficient (Wildman–Crippen LogP) is 3.47. The lowest BCUT2D eigenvalue weighted by molar-refractivity contribution is -0.142. The second kappa shape index (κ2) is 10.3. The second-order valence-electron chi connectivity index (χ2n) is 3.33. The van der Waals surface area contributed by atoms with Crippen LogP contribution in [0.4, 0.5) is 0 Å². The van der Waals surface area contributed by atoms with E-state index in [4.69, 9.17) is 4.74 Å². The first kappa shape index (κ1) is 13.2. The highest BCUT2D eigenvalue weighted by Gasteiger charge is 1.95. The van der Waals surface area contributed by atoms with Crippen LogP contribution in [0.25, 0.3) is 0 Å². The molecule has 0 aromatic heterocycles. The number of ether oxygens (including phenoxy) is 1. The molecule has 82 valence electrons. The van der Waals surface area contributed by atoms with Gasteiger partial charge < -0.3 is 4.74 Å². The third kappa shape index (κ3) is 9.30. The van der Waals surface area contributed by atoms with Crippen LogP contribution in [0.3, 0.4) is 0 Å². The van der Waals surface area contributed by atoms with Crippen molar-refractivity contribution in [2.75, 3.05) is 6.61 Å². The van der Waals surface area contributed by atoms with Gasteiger partial charge in [-0.2, -0.15) is 0 Å². The monoisotopic (exact) mass is 198 g/mol. The quantitative estimate of drug-likeness (QED) is 0.339. The molecule has 2 nitrogen and oxygen atoms in total. The summed E-state index contributed by atoms with van der Waals surface area (Å²) in [5.41, 5.74) is 0. The minimum atomic E-state index is -0.127. The van der Waals surface area contributed by atoms with Gasteiger partial charge in [-0.25, -0.2) is 0 Å². The Morgan fingerprint density at radius 3 is 2.57 bits per heavy atom. The summed E-state index contributed by atoms with van der Waals surface area (Å²) in [5.74, 6) is -0.127. The molecular formula is C12H22O2. The molecule has 0 aromatic carbocycles. The van der Waals surface area contributed by atoms with E-state index in [1.54, 1.807) is 0 Å². The molecule has 0 atom stereocenters. The van der Waals surface area contributed by atoms with Gasteiger partial charge in [-0.15, -0.1) is 0 Å². The van der Waals surface area contributed by atoms with Crippen LogP contribution in [-0.2, 0) is 9.53 Å². The number of unbranched alkanes of at least 4 members (excludes halogenated alkanes) is 4. The summed E-state index contributed by atoms with van der Waals surface area (Å²) >= 11 is 0. The van der Waals surface area contributed by atoms with Gasteiger partial charge in [-0.3, -0.25) is 4.79 Å². The van der Waals surface area contributed by atoms with Crippen molar-refractivity contribution >= 4 is 5.97 Å². The maximum Gasteiger partial charge on any atom is 0.309 e. The number of carbonyl (C=O) groups excluding carboxylic acids is 1. The maximum atomic E-state index is 10.9. The molecule has 14 heavy (non-hydrogen) atoms. The molecule has 0 rings (SSSR count). The Hall–Kier alpha value is -0.790. The second-order valence-corrected chi connectivity index (χ2v) is 3.33. The molecule has 0 fully saturated rings. The Kier molecular flexibility index (Phi) is 9.71. The molecule has 0 heterocycles. The van der Waals surface area contributed by atoms with Crippen molar-refractivity contribution in [3.8, 4) is 0 Å². The standard InChI is InChI=1S/C12H22O2/c1-3-5-6-7-8-9-10-11-12(13)14-4-2/h9-10H,3-8,11H2,1-2H3. The van der Waals surface area contributed by atoms with E-state index < -0.39 is 0 Å². The molecule has 0 radical (unpaired) electrons. The Morgan fingerprint density at radius 2 is 1.93 bits per heavy atom. The smallest absolute Gasteiger partial charge is 0.309 e. The summed E-state index contributed by atoms with van der Waals surface area (Å²) in [4.78, 5) is 10.9. The van der Waals surface area contributed by atoms with Crippen LogP contribution >= 0.6 is 0 Å². The zero-order valence-electron chi connectivity index (χ0n) is 9.42. The maximum absolute atomic E-state index is 10.9. The minimum Gasteiger partial charge on any atom is -0.466 e. The Labute approximate surface area is 87.3 Å². The fraction of sp³-hybridized carbons (Fsp3) is 0.750. The number of allylic oxidation sites excluding steroid dienone is 1. The number of carbonyl (C=O) groups is 1. The largest absolute Gasteiger partial charge is 0.466 e. The van der Waals surface area contributed by atoms with E-state index in [2.05, 4.69) is 13.0 Å². The van der Waals surface area contributed by atoms with Crippen LogP contribution in [-0.4, -0.2) is 12.6 Å². The summed E-state index contributed by atoms with van der Waals surface area (Å²) in [6.45, 7) is 4.51. The normalized spacial score (nSPS) is 10.7. The average molecular weight is 198 g/mol. The molecule has 0 saturated carbocycles. The van der Waals surface area contributed by atoms with Gasteiger partial charge in [0.25, 0.3) is 0 Å². The summed E-state index contributed by atoms with van der Waals surface area (Å²) < 4.78 is 4.80. The summed E-state index contributed by atoms with van der Waals surface area (Å²) in [6, 6.07) is 0. The summed E-state index contributed by atoms with van der Waals surface area (Å²) in [5, 5.41) is 0. The molecular weight excluding hydrogens is 176 g/mol. The Morgan fingerprint density at radius 1 is 1.14 bits per heavy atom. The first-order chi connectivity index (χ1) is 6.81. The van der Waals surface area contributed by atoms with Crippen LogP contribution in [0, 0.1) is 0 Å². The van der Waals surface area contributed by atoms with Crippen molar-refractivity contribution in [1.82, 2.24) is 0 Å². The topological polar surface area (TPSA) is 26.3 Å². The molecule has 0 aliphatic carbocycles. The van der Waals surface area contributed by atoms with Crippen molar-refractivity contribution in [2.24, 2.45) is 0 Å². The molecule has 0 N–H and O–H groups in total. The van der Waals surface area contributed by atoms with Gasteiger partial charge in [0.05, 0.1) is 13.0 Å². The van der Waals surface area contributed by atoms with Crippen molar-refractivity contribution < 1.29 is 9.53 Å². The van der Waals surface area contributed by atoms with E-state index in [0.29, 0.717) is 13.0 Å². The third-order valence-corrected chi connectivity index (χ3v) is 1.98. The number of esters is 1. The van der Waals surface area contributed by atoms with Gasteiger partial charge in [0.15, 0.2) is 0 Å². The van der Waals surface area contributed by atoms with E-state index in [0.717, 1.165) is 6.42 Å². The predicted molar refractivity (Wildman–Crippen MR) is 59.1 cm³/mol. The third-order valence-electron chi connectivity index (χ3n) is 1.98. The van der Waals surface area contributed by atoms with E-state index in [1.165, 1.54) is 25.7 Å². The number of hydrogen-bond acceptors (Lipinski definition) is 2. The van der Waals surface area contributed by atoms with Crippen LogP contribution in [0.5, 0.6) is 0 Å². The van der Waals surface area contributed by atoms with Crippen LogP contribution in [0.2, 0.25) is 0 Å². The molecule has 0 spiro atoms. The Bertz CT molecular complexity index is 162. The van der Waals surface area contributed by atoms with Gasteiger partial charge in [-0.1, -0.05) is 38.3 Å². The molecule has 0 unspecified atom stereocenters. The van der Waals surface area contributed by atoms with Crippen molar-refractivity contribution in [3.63, 3.8) is 0 Å². The van der Waals surface area contributed by atoms with Crippen LogP contribution in [0.1, 0.15) is 52.4 Å². The lowest BCUT2D eigenvalue weighted by Gasteiger charge is -1.97. The minimum absolute atomic E-state index is 0.127. The van der Waals surface area contributed by atoms with Crippen LogP contribution in [0.15, 0.2) is 12.2 Å². The molecule has 0 saturated heterocycles. The fourth-order valence-electron chi connectivity index (χ4n) is 1.21. The lowest BCUT2D eigenvalue weighted by atomic mass is 10.1. The SMILES string of the molecule is CCCCCCC=CCC(=O)OCC. The molecule has 0 amide bonds. The molecule has 0 aliphatic heterocycles.